The maximum atomic E-state index is 5.62. The van der Waals surface area contributed by atoms with Crippen LogP contribution in [0.15, 0.2) is 24.3 Å². The number of para-hydroxylation sites is 1. The summed E-state index contributed by atoms with van der Waals surface area (Å²) in [6.45, 7) is 2.19. The van der Waals surface area contributed by atoms with Gasteiger partial charge in [0.25, 0.3) is 0 Å². The molecule has 4 heteroatoms. The number of rotatable bonds is 4. The van der Waals surface area contributed by atoms with Gasteiger partial charge in [-0.25, -0.2) is 0 Å². The number of nitrogens with one attached hydrogen (secondary N) is 3. The highest BCUT2D eigenvalue weighted by Gasteiger charge is 2.48. The quantitative estimate of drug-likeness (QED) is 0.734. The number of fused-ring (bicyclic) bond motifs is 2. The molecule has 4 rings (SSSR count). The van der Waals surface area contributed by atoms with E-state index >= 15 is 0 Å². The molecule has 1 saturated carbocycles. The Kier molecular flexibility index (Phi) is 4.77. The summed E-state index contributed by atoms with van der Waals surface area (Å²) < 4.78 is 0. The number of anilines is 1. The van der Waals surface area contributed by atoms with Crippen LogP contribution in [0.2, 0.25) is 0 Å². The molecule has 2 atom stereocenters. The van der Waals surface area contributed by atoms with Crippen molar-refractivity contribution < 1.29 is 4.90 Å². The van der Waals surface area contributed by atoms with Gasteiger partial charge in [0.15, 0.2) is 5.11 Å². The van der Waals surface area contributed by atoms with Gasteiger partial charge in [0.1, 0.15) is 0 Å². The van der Waals surface area contributed by atoms with Crippen molar-refractivity contribution in [3.63, 3.8) is 0 Å². The van der Waals surface area contributed by atoms with E-state index in [2.05, 4.69) is 41.8 Å². The van der Waals surface area contributed by atoms with Crippen LogP contribution in [-0.2, 0) is 6.42 Å². The number of hydrogen-bond acceptors (Lipinski definition) is 1. The molecule has 3 N–H and O–H groups in total. The van der Waals surface area contributed by atoms with Crippen molar-refractivity contribution in [3.8, 4) is 0 Å². The molecule has 2 heterocycles. The second kappa shape index (κ2) is 7.01. The van der Waals surface area contributed by atoms with Crippen LogP contribution in [0, 0.1) is 0 Å². The molecule has 0 unspecified atom stereocenters. The largest absolute Gasteiger partial charge is 0.359 e. The van der Waals surface area contributed by atoms with Gasteiger partial charge < -0.3 is 15.5 Å². The van der Waals surface area contributed by atoms with Crippen LogP contribution in [0.5, 0.6) is 0 Å². The van der Waals surface area contributed by atoms with Crippen molar-refractivity contribution in [3.05, 3.63) is 29.8 Å². The topological polar surface area (TPSA) is 28.5 Å². The Bertz CT molecular complexity index is 584. The summed E-state index contributed by atoms with van der Waals surface area (Å²) in [6, 6.07) is 11.7. The van der Waals surface area contributed by atoms with Gasteiger partial charge in [0.2, 0.25) is 0 Å². The molecule has 3 nitrogen and oxygen atoms in total. The maximum Gasteiger partial charge on any atom is 0.171 e. The minimum absolute atomic E-state index is 0.552. The molecule has 1 aliphatic carbocycles. The van der Waals surface area contributed by atoms with E-state index in [-0.39, 0.29) is 0 Å². The third-order valence-electron chi connectivity index (χ3n) is 6.22. The van der Waals surface area contributed by atoms with Gasteiger partial charge in [-0.3, -0.25) is 0 Å². The summed E-state index contributed by atoms with van der Waals surface area (Å²) in [7, 11) is 0. The van der Waals surface area contributed by atoms with E-state index in [1.54, 1.807) is 0 Å². The minimum atomic E-state index is 0.552. The van der Waals surface area contributed by atoms with Crippen LogP contribution in [0.25, 0.3) is 0 Å². The molecule has 0 spiro atoms. The molecule has 24 heavy (non-hydrogen) atoms. The molecule has 0 radical (unpaired) electrons. The third-order valence-corrected chi connectivity index (χ3v) is 6.44. The van der Waals surface area contributed by atoms with Gasteiger partial charge in [0, 0.05) is 37.4 Å². The van der Waals surface area contributed by atoms with Crippen LogP contribution in [0.4, 0.5) is 5.69 Å². The van der Waals surface area contributed by atoms with Crippen molar-refractivity contribution in [2.24, 2.45) is 0 Å². The lowest BCUT2D eigenvalue weighted by molar-refractivity contribution is -0.971. The fourth-order valence-electron chi connectivity index (χ4n) is 5.06. The summed E-state index contributed by atoms with van der Waals surface area (Å²) in [5.41, 5.74) is 2.48. The fourth-order valence-corrected chi connectivity index (χ4v) is 5.34. The zero-order valence-electron chi connectivity index (χ0n) is 14.7. The van der Waals surface area contributed by atoms with Crippen molar-refractivity contribution in [1.29, 1.82) is 0 Å². The Morgan fingerprint density at radius 2 is 1.79 bits per heavy atom. The summed E-state index contributed by atoms with van der Waals surface area (Å²) >= 11 is 5.62. The van der Waals surface area contributed by atoms with E-state index in [0.717, 1.165) is 35.3 Å². The van der Waals surface area contributed by atoms with Crippen molar-refractivity contribution in [2.75, 3.05) is 5.32 Å². The van der Waals surface area contributed by atoms with Gasteiger partial charge >= 0.3 is 0 Å². The molecule has 1 aromatic rings. The van der Waals surface area contributed by atoms with Gasteiger partial charge in [-0.2, -0.15) is 0 Å². The molecule has 0 aromatic heterocycles. The van der Waals surface area contributed by atoms with Gasteiger partial charge in [-0.05, 0) is 49.5 Å². The van der Waals surface area contributed by atoms with E-state index < -0.39 is 0 Å². The first-order valence-corrected chi connectivity index (χ1v) is 10.2. The van der Waals surface area contributed by atoms with Crippen molar-refractivity contribution in [1.82, 2.24) is 5.32 Å². The first-order chi connectivity index (χ1) is 11.7. The first kappa shape index (κ1) is 16.3. The Morgan fingerprint density at radius 1 is 1.08 bits per heavy atom. The third kappa shape index (κ3) is 3.45. The van der Waals surface area contributed by atoms with E-state index in [1.165, 1.54) is 50.5 Å². The van der Waals surface area contributed by atoms with Crippen LogP contribution >= 0.6 is 12.2 Å². The molecule has 2 saturated heterocycles. The van der Waals surface area contributed by atoms with E-state index in [0.29, 0.717) is 6.04 Å². The highest BCUT2D eigenvalue weighted by Crippen LogP contribution is 2.27. The molecular formula is C20H30N3S+. The van der Waals surface area contributed by atoms with Crippen LogP contribution in [-0.4, -0.2) is 29.3 Å². The number of quaternary nitrogens is 1. The van der Waals surface area contributed by atoms with E-state index in [4.69, 9.17) is 12.2 Å². The van der Waals surface area contributed by atoms with Crippen molar-refractivity contribution in [2.45, 2.75) is 82.5 Å². The zero-order valence-corrected chi connectivity index (χ0v) is 15.5. The monoisotopic (exact) mass is 344 g/mol. The van der Waals surface area contributed by atoms with Crippen LogP contribution in [0.1, 0.15) is 57.4 Å². The predicted octanol–water partition coefficient (Wildman–Crippen LogP) is 2.67. The number of aryl methyl sites for hydroxylation is 1. The van der Waals surface area contributed by atoms with Gasteiger partial charge in [-0.15, -0.1) is 0 Å². The molecule has 1 aromatic carbocycles. The second-order valence-corrected chi connectivity index (χ2v) is 8.28. The highest BCUT2D eigenvalue weighted by atomic mass is 32.1. The summed E-state index contributed by atoms with van der Waals surface area (Å²) in [4.78, 5) is 1.95. The summed E-state index contributed by atoms with van der Waals surface area (Å²) in [5, 5.41) is 7.87. The number of hydrogen-bond donors (Lipinski definition) is 3. The maximum absolute atomic E-state index is 5.62. The number of piperidine rings is 2. The molecular weight excluding hydrogens is 314 g/mol. The Labute approximate surface area is 151 Å². The zero-order chi connectivity index (χ0) is 16.5. The lowest BCUT2D eigenvalue weighted by Gasteiger charge is -2.46. The normalized spacial score (nSPS) is 32.2. The fraction of sp³-hybridized carbons (Fsp3) is 0.650. The first-order valence-electron chi connectivity index (χ1n) is 9.76. The summed E-state index contributed by atoms with van der Waals surface area (Å²) in [6.07, 6.45) is 10.8. The lowest BCUT2D eigenvalue weighted by atomic mass is 9.81. The average molecular weight is 345 g/mol. The SMILES string of the molecule is CCc1ccccc1NC(=S)NC1C[C@H]2CCC[C@H](C1)[NH+]2C1CC1. The smallest absolute Gasteiger partial charge is 0.171 e. The molecule has 3 fully saturated rings. The number of benzene rings is 1. The molecule has 2 bridgehead atoms. The molecule has 3 aliphatic rings. The standard InChI is InChI=1S/C20H29N3S/c1-2-14-6-3-4-9-19(14)22-20(24)21-15-12-17-7-5-8-18(13-15)23(17)16-10-11-16/h3-4,6,9,15-18H,2,5,7-8,10-13H2,1H3,(H2,21,22,24)/p+1/t17-,18-/m1/s1. The molecule has 0 amide bonds. The predicted molar refractivity (Wildman–Crippen MR) is 104 cm³/mol. The van der Waals surface area contributed by atoms with Crippen molar-refractivity contribution >= 4 is 23.0 Å². The lowest BCUT2D eigenvalue weighted by Crippen LogP contribution is -3.22. The minimum Gasteiger partial charge on any atom is -0.359 e. The van der Waals surface area contributed by atoms with Crippen LogP contribution < -0.4 is 15.5 Å². The van der Waals surface area contributed by atoms with Gasteiger partial charge in [0.05, 0.1) is 18.1 Å². The van der Waals surface area contributed by atoms with E-state index in [1.807, 2.05) is 4.90 Å². The molecule has 130 valence electrons. The Hall–Kier alpha value is -1.13. The van der Waals surface area contributed by atoms with Gasteiger partial charge in [-0.1, -0.05) is 25.1 Å². The summed E-state index contributed by atoms with van der Waals surface area (Å²) in [5.74, 6) is 0. The Morgan fingerprint density at radius 3 is 2.46 bits per heavy atom. The van der Waals surface area contributed by atoms with E-state index in [9.17, 15) is 0 Å². The average Bonchev–Trinajstić information content (AvgIpc) is 3.39. The van der Waals surface area contributed by atoms with Crippen LogP contribution in [0.3, 0.4) is 0 Å². The number of thiocarbonyl (C=S) groups is 1. The molecule has 2 aliphatic heterocycles. The highest BCUT2D eigenvalue weighted by molar-refractivity contribution is 7.80. The second-order valence-electron chi connectivity index (χ2n) is 7.88. The Balaban J connectivity index is 1.36.